The molecule has 0 spiro atoms. The van der Waals surface area contributed by atoms with Crippen LogP contribution in [-0.2, 0) is 0 Å². The monoisotopic (exact) mass is 215 g/mol. The highest BCUT2D eigenvalue weighted by Crippen LogP contribution is 2.20. The van der Waals surface area contributed by atoms with E-state index in [1.807, 2.05) is 6.92 Å². The molecule has 1 atom stereocenters. The first-order chi connectivity index (χ1) is 7.13. The number of hydrogen-bond donors (Lipinski definition) is 1. The second kappa shape index (κ2) is 5.66. The number of alkyl halides is 2. The molecule has 4 heteroatoms. The summed E-state index contributed by atoms with van der Waals surface area (Å²) >= 11 is 0. The Morgan fingerprint density at radius 1 is 1.27 bits per heavy atom. The molecule has 84 valence electrons. The highest BCUT2D eigenvalue weighted by Gasteiger charge is 2.12. The summed E-state index contributed by atoms with van der Waals surface area (Å²) < 4.78 is 29.4. The van der Waals surface area contributed by atoms with Gasteiger partial charge in [0.15, 0.2) is 0 Å². The second-order valence-corrected chi connectivity index (χ2v) is 3.24. The summed E-state index contributed by atoms with van der Waals surface area (Å²) in [5.41, 5.74) is 6.31. The van der Waals surface area contributed by atoms with Gasteiger partial charge in [0, 0.05) is 12.5 Å². The van der Waals surface area contributed by atoms with Crippen molar-refractivity contribution in [2.24, 2.45) is 5.73 Å². The zero-order chi connectivity index (χ0) is 11.3. The maximum Gasteiger partial charge on any atom is 0.240 e. The van der Waals surface area contributed by atoms with Crippen molar-refractivity contribution in [1.29, 1.82) is 0 Å². The average Bonchev–Trinajstić information content (AvgIpc) is 2.18. The summed E-state index contributed by atoms with van der Waals surface area (Å²) in [6.07, 6.45) is -2.68. The highest BCUT2D eigenvalue weighted by molar-refractivity contribution is 5.29. The lowest BCUT2D eigenvalue weighted by Gasteiger charge is -2.11. The zero-order valence-corrected chi connectivity index (χ0v) is 8.62. The van der Waals surface area contributed by atoms with Gasteiger partial charge in [-0.2, -0.15) is 0 Å². The van der Waals surface area contributed by atoms with Crippen molar-refractivity contribution >= 4 is 0 Å². The van der Waals surface area contributed by atoms with E-state index in [2.05, 4.69) is 0 Å². The number of ether oxygens (including phenoxy) is 1. The van der Waals surface area contributed by atoms with Gasteiger partial charge in [-0.1, -0.05) is 12.1 Å². The second-order valence-electron chi connectivity index (χ2n) is 3.24. The fourth-order valence-corrected chi connectivity index (χ4v) is 1.31. The molecule has 1 rings (SSSR count). The summed E-state index contributed by atoms with van der Waals surface area (Å²) in [5, 5.41) is 0. The maximum absolute atomic E-state index is 12.1. The van der Waals surface area contributed by atoms with Crippen LogP contribution < -0.4 is 10.5 Å². The molecule has 15 heavy (non-hydrogen) atoms. The van der Waals surface area contributed by atoms with Crippen LogP contribution in [0.5, 0.6) is 5.75 Å². The topological polar surface area (TPSA) is 35.2 Å². The maximum atomic E-state index is 12.1. The molecule has 0 fully saturated rings. The molecule has 0 bridgehead atoms. The summed E-state index contributed by atoms with van der Waals surface area (Å²) in [7, 11) is 0. The third kappa shape index (κ3) is 3.83. The van der Waals surface area contributed by atoms with Gasteiger partial charge in [0.2, 0.25) is 6.43 Å². The third-order valence-electron chi connectivity index (χ3n) is 2.05. The summed E-state index contributed by atoms with van der Waals surface area (Å²) in [6, 6.07) is 6.31. The van der Waals surface area contributed by atoms with Crippen LogP contribution in [0.15, 0.2) is 24.3 Å². The molecule has 2 nitrogen and oxygen atoms in total. The normalized spacial score (nSPS) is 12.9. The van der Waals surface area contributed by atoms with E-state index in [0.717, 1.165) is 5.75 Å². The van der Waals surface area contributed by atoms with Crippen LogP contribution in [0.2, 0.25) is 0 Å². The Labute approximate surface area is 88.0 Å². The van der Waals surface area contributed by atoms with Crippen LogP contribution in [0.4, 0.5) is 8.78 Å². The number of nitrogens with two attached hydrogens (primary N) is 1. The molecule has 0 heterocycles. The Morgan fingerprint density at radius 3 is 2.33 bits per heavy atom. The molecule has 1 aromatic rings. The smallest absolute Gasteiger partial charge is 0.240 e. The largest absolute Gasteiger partial charge is 0.494 e. The Hall–Kier alpha value is -1.16. The van der Waals surface area contributed by atoms with Crippen LogP contribution in [-0.4, -0.2) is 13.0 Å². The van der Waals surface area contributed by atoms with Gasteiger partial charge in [-0.3, -0.25) is 0 Å². The Morgan fingerprint density at radius 2 is 1.87 bits per heavy atom. The predicted molar refractivity (Wildman–Crippen MR) is 55.2 cm³/mol. The zero-order valence-electron chi connectivity index (χ0n) is 8.62. The Balaban J connectivity index is 2.62. The molecule has 0 aromatic heterocycles. The van der Waals surface area contributed by atoms with E-state index in [-0.39, 0.29) is 6.42 Å². The van der Waals surface area contributed by atoms with Crippen molar-refractivity contribution in [3.63, 3.8) is 0 Å². The van der Waals surface area contributed by atoms with Gasteiger partial charge in [-0.05, 0) is 24.6 Å². The van der Waals surface area contributed by atoms with Crippen molar-refractivity contribution in [2.45, 2.75) is 25.8 Å². The lowest BCUT2D eigenvalue weighted by atomic mass is 10.1. The molecular formula is C11H15F2NO. The molecule has 0 amide bonds. The van der Waals surface area contributed by atoms with Crippen molar-refractivity contribution in [1.82, 2.24) is 0 Å². The number of benzene rings is 1. The van der Waals surface area contributed by atoms with Gasteiger partial charge >= 0.3 is 0 Å². The van der Waals surface area contributed by atoms with Gasteiger partial charge in [0.05, 0.1) is 6.61 Å². The van der Waals surface area contributed by atoms with Gasteiger partial charge in [0.1, 0.15) is 5.75 Å². The van der Waals surface area contributed by atoms with Crippen LogP contribution in [0.25, 0.3) is 0 Å². The number of hydrogen-bond acceptors (Lipinski definition) is 2. The van der Waals surface area contributed by atoms with Crippen LogP contribution in [0.3, 0.4) is 0 Å². The van der Waals surface area contributed by atoms with Gasteiger partial charge < -0.3 is 10.5 Å². The minimum atomic E-state index is -2.37. The minimum absolute atomic E-state index is 0.312. The summed E-state index contributed by atoms with van der Waals surface area (Å²) in [5.74, 6) is 0.727. The van der Waals surface area contributed by atoms with Crippen molar-refractivity contribution in [2.75, 3.05) is 6.61 Å². The molecule has 0 aliphatic rings. The molecule has 0 aliphatic carbocycles. The summed E-state index contributed by atoms with van der Waals surface area (Å²) in [4.78, 5) is 0. The van der Waals surface area contributed by atoms with E-state index in [9.17, 15) is 8.78 Å². The molecule has 0 saturated carbocycles. The number of rotatable bonds is 5. The van der Waals surface area contributed by atoms with E-state index < -0.39 is 12.5 Å². The van der Waals surface area contributed by atoms with Crippen molar-refractivity contribution < 1.29 is 13.5 Å². The molecule has 0 saturated heterocycles. The molecule has 0 radical (unpaired) electrons. The van der Waals surface area contributed by atoms with E-state index in [1.54, 1.807) is 24.3 Å². The van der Waals surface area contributed by atoms with Gasteiger partial charge in [0.25, 0.3) is 0 Å². The molecular weight excluding hydrogens is 200 g/mol. The standard InChI is InChI=1S/C11H15F2NO/c1-2-15-9-5-3-8(4-6-9)10(14)7-11(12)13/h3-6,10-11H,2,7,14H2,1H3/t10-/m0/s1. The highest BCUT2D eigenvalue weighted by atomic mass is 19.3. The van der Waals surface area contributed by atoms with Gasteiger partial charge in [-0.15, -0.1) is 0 Å². The first kappa shape index (κ1) is 11.9. The van der Waals surface area contributed by atoms with E-state index >= 15 is 0 Å². The van der Waals surface area contributed by atoms with Gasteiger partial charge in [-0.25, -0.2) is 8.78 Å². The molecule has 2 N–H and O–H groups in total. The SMILES string of the molecule is CCOc1ccc([C@@H](N)CC(F)F)cc1. The third-order valence-corrected chi connectivity index (χ3v) is 2.05. The summed E-state index contributed by atoms with van der Waals surface area (Å²) in [6.45, 7) is 2.47. The molecule has 1 aromatic carbocycles. The number of halogens is 2. The van der Waals surface area contributed by atoms with Crippen LogP contribution in [0, 0.1) is 0 Å². The van der Waals surface area contributed by atoms with E-state index in [0.29, 0.717) is 12.2 Å². The van der Waals surface area contributed by atoms with Crippen LogP contribution >= 0.6 is 0 Å². The first-order valence-corrected chi connectivity index (χ1v) is 4.90. The predicted octanol–water partition coefficient (Wildman–Crippen LogP) is 2.74. The van der Waals surface area contributed by atoms with E-state index in [1.165, 1.54) is 0 Å². The van der Waals surface area contributed by atoms with Crippen LogP contribution in [0.1, 0.15) is 24.9 Å². The van der Waals surface area contributed by atoms with Crippen molar-refractivity contribution in [3.05, 3.63) is 29.8 Å². The minimum Gasteiger partial charge on any atom is -0.494 e. The van der Waals surface area contributed by atoms with Crippen molar-refractivity contribution in [3.8, 4) is 5.75 Å². The first-order valence-electron chi connectivity index (χ1n) is 4.90. The fraction of sp³-hybridized carbons (Fsp3) is 0.455. The fourth-order valence-electron chi connectivity index (χ4n) is 1.31. The average molecular weight is 215 g/mol. The quantitative estimate of drug-likeness (QED) is 0.819. The molecule has 0 aliphatic heterocycles. The lowest BCUT2D eigenvalue weighted by Crippen LogP contribution is -2.13. The Bertz CT molecular complexity index is 287. The van der Waals surface area contributed by atoms with E-state index in [4.69, 9.17) is 10.5 Å². The molecule has 0 unspecified atom stereocenters. The Kier molecular flexibility index (Phi) is 4.49. The lowest BCUT2D eigenvalue weighted by molar-refractivity contribution is 0.128.